The Labute approximate surface area is 80.5 Å². The van der Waals surface area contributed by atoms with E-state index in [9.17, 15) is 0 Å². The van der Waals surface area contributed by atoms with Crippen LogP contribution in [0.4, 0.5) is 5.69 Å². The van der Waals surface area contributed by atoms with E-state index in [0.717, 1.165) is 12.1 Å². The summed E-state index contributed by atoms with van der Waals surface area (Å²) in [5, 5.41) is 3.18. The standard InChI is InChI=1S/C12H17N/c1-5-10(3)11-8-9(2)6-7-12(11)13-4/h6-8,13H,3,5H2,1-2,4H3. The van der Waals surface area contributed by atoms with Crippen molar-refractivity contribution >= 4 is 11.3 Å². The molecule has 0 saturated heterocycles. The van der Waals surface area contributed by atoms with Crippen LogP contribution < -0.4 is 5.32 Å². The molecule has 0 heterocycles. The number of hydrogen-bond donors (Lipinski definition) is 1. The van der Waals surface area contributed by atoms with Gasteiger partial charge < -0.3 is 5.32 Å². The maximum absolute atomic E-state index is 4.05. The van der Waals surface area contributed by atoms with Gasteiger partial charge in [0.05, 0.1) is 0 Å². The van der Waals surface area contributed by atoms with E-state index in [4.69, 9.17) is 0 Å². The summed E-state index contributed by atoms with van der Waals surface area (Å²) < 4.78 is 0. The van der Waals surface area contributed by atoms with E-state index in [1.54, 1.807) is 0 Å². The first kappa shape index (κ1) is 9.85. The van der Waals surface area contributed by atoms with Crippen molar-refractivity contribution in [2.45, 2.75) is 20.3 Å². The van der Waals surface area contributed by atoms with Crippen molar-refractivity contribution in [1.29, 1.82) is 0 Å². The molecule has 1 aromatic rings. The number of rotatable bonds is 3. The van der Waals surface area contributed by atoms with Gasteiger partial charge in [-0.15, -0.1) is 0 Å². The molecular formula is C12H17N. The molecular weight excluding hydrogens is 158 g/mol. The van der Waals surface area contributed by atoms with Gasteiger partial charge in [-0.1, -0.05) is 25.1 Å². The maximum Gasteiger partial charge on any atom is 0.0413 e. The van der Waals surface area contributed by atoms with E-state index in [1.807, 2.05) is 7.05 Å². The summed E-state index contributed by atoms with van der Waals surface area (Å²) in [5.74, 6) is 0. The van der Waals surface area contributed by atoms with Gasteiger partial charge >= 0.3 is 0 Å². The van der Waals surface area contributed by atoms with Crippen LogP contribution in [0, 0.1) is 6.92 Å². The van der Waals surface area contributed by atoms with Crippen molar-refractivity contribution in [2.75, 3.05) is 12.4 Å². The molecule has 1 aromatic carbocycles. The van der Waals surface area contributed by atoms with E-state index in [2.05, 4.69) is 43.9 Å². The Bertz CT molecular complexity index is 313. The topological polar surface area (TPSA) is 12.0 Å². The van der Waals surface area contributed by atoms with Gasteiger partial charge in [-0.25, -0.2) is 0 Å². The Kier molecular flexibility index (Phi) is 3.13. The molecule has 1 rings (SSSR count). The Morgan fingerprint density at radius 3 is 2.69 bits per heavy atom. The molecule has 0 fully saturated rings. The zero-order valence-electron chi connectivity index (χ0n) is 8.65. The van der Waals surface area contributed by atoms with Crippen LogP contribution >= 0.6 is 0 Å². The Balaban J connectivity index is 3.15. The minimum Gasteiger partial charge on any atom is -0.388 e. The lowest BCUT2D eigenvalue weighted by Crippen LogP contribution is -1.94. The number of benzene rings is 1. The number of aryl methyl sites for hydroxylation is 1. The Morgan fingerprint density at radius 2 is 2.15 bits per heavy atom. The van der Waals surface area contributed by atoms with Crippen molar-refractivity contribution in [3.63, 3.8) is 0 Å². The van der Waals surface area contributed by atoms with Gasteiger partial charge in [0.2, 0.25) is 0 Å². The fourth-order valence-electron chi connectivity index (χ4n) is 1.36. The predicted molar refractivity (Wildman–Crippen MR) is 60.1 cm³/mol. The largest absolute Gasteiger partial charge is 0.388 e. The molecule has 70 valence electrons. The number of anilines is 1. The van der Waals surface area contributed by atoms with Crippen LogP contribution in [0.25, 0.3) is 5.57 Å². The van der Waals surface area contributed by atoms with Crippen LogP contribution in [0.15, 0.2) is 24.8 Å². The molecule has 0 atom stereocenters. The fraction of sp³-hybridized carbons (Fsp3) is 0.333. The average molecular weight is 175 g/mol. The summed E-state index contributed by atoms with van der Waals surface area (Å²) in [6, 6.07) is 6.39. The Morgan fingerprint density at radius 1 is 1.46 bits per heavy atom. The lowest BCUT2D eigenvalue weighted by molar-refractivity contribution is 1.24. The van der Waals surface area contributed by atoms with Crippen LogP contribution in [0.1, 0.15) is 24.5 Å². The summed E-state index contributed by atoms with van der Waals surface area (Å²) in [5.41, 5.74) is 4.87. The number of allylic oxidation sites excluding steroid dienone is 1. The lowest BCUT2D eigenvalue weighted by atomic mass is 10.0. The molecule has 1 N–H and O–H groups in total. The first-order valence-electron chi connectivity index (χ1n) is 4.65. The van der Waals surface area contributed by atoms with Gasteiger partial charge in [0.15, 0.2) is 0 Å². The smallest absolute Gasteiger partial charge is 0.0413 e. The highest BCUT2D eigenvalue weighted by molar-refractivity contribution is 5.75. The highest BCUT2D eigenvalue weighted by Crippen LogP contribution is 2.25. The summed E-state index contributed by atoms with van der Waals surface area (Å²) >= 11 is 0. The minimum absolute atomic E-state index is 0.998. The molecule has 0 unspecified atom stereocenters. The van der Waals surface area contributed by atoms with Crippen LogP contribution in [-0.4, -0.2) is 7.05 Å². The SMILES string of the molecule is C=C(CC)c1cc(C)ccc1NC. The summed E-state index contributed by atoms with van der Waals surface area (Å²) in [6.45, 7) is 8.29. The number of hydrogen-bond acceptors (Lipinski definition) is 1. The predicted octanol–water partition coefficient (Wildman–Crippen LogP) is 3.46. The van der Waals surface area contributed by atoms with Crippen LogP contribution in [0.5, 0.6) is 0 Å². The molecule has 13 heavy (non-hydrogen) atoms. The van der Waals surface area contributed by atoms with Gasteiger partial charge in [-0.05, 0) is 31.1 Å². The van der Waals surface area contributed by atoms with Crippen LogP contribution in [-0.2, 0) is 0 Å². The fourth-order valence-corrected chi connectivity index (χ4v) is 1.36. The third kappa shape index (κ3) is 2.11. The average Bonchev–Trinajstić information content (AvgIpc) is 2.16. The quantitative estimate of drug-likeness (QED) is 0.741. The number of nitrogens with one attached hydrogen (secondary N) is 1. The lowest BCUT2D eigenvalue weighted by Gasteiger charge is -2.11. The second-order valence-electron chi connectivity index (χ2n) is 3.26. The van der Waals surface area contributed by atoms with Crippen molar-refractivity contribution < 1.29 is 0 Å². The zero-order valence-corrected chi connectivity index (χ0v) is 8.65. The molecule has 0 amide bonds. The molecule has 0 bridgehead atoms. The molecule has 0 aliphatic heterocycles. The molecule has 0 radical (unpaired) electrons. The molecule has 1 heteroatoms. The Hall–Kier alpha value is -1.24. The van der Waals surface area contributed by atoms with Gasteiger partial charge in [0.1, 0.15) is 0 Å². The van der Waals surface area contributed by atoms with E-state index >= 15 is 0 Å². The first-order chi connectivity index (χ1) is 6.19. The second kappa shape index (κ2) is 4.13. The van der Waals surface area contributed by atoms with E-state index in [1.165, 1.54) is 16.7 Å². The summed E-state index contributed by atoms with van der Waals surface area (Å²) in [4.78, 5) is 0. The molecule has 0 aliphatic carbocycles. The highest BCUT2D eigenvalue weighted by atomic mass is 14.8. The summed E-state index contributed by atoms with van der Waals surface area (Å²) in [7, 11) is 1.94. The highest BCUT2D eigenvalue weighted by Gasteiger charge is 2.02. The molecule has 0 aliphatic rings. The molecule has 0 saturated carbocycles. The molecule has 0 aromatic heterocycles. The van der Waals surface area contributed by atoms with Crippen molar-refractivity contribution in [2.24, 2.45) is 0 Å². The summed E-state index contributed by atoms with van der Waals surface area (Å²) in [6.07, 6.45) is 0.998. The van der Waals surface area contributed by atoms with Crippen molar-refractivity contribution in [3.05, 3.63) is 35.9 Å². The van der Waals surface area contributed by atoms with Crippen molar-refractivity contribution in [1.82, 2.24) is 0 Å². The third-order valence-corrected chi connectivity index (χ3v) is 2.25. The van der Waals surface area contributed by atoms with Gasteiger partial charge in [-0.3, -0.25) is 0 Å². The first-order valence-corrected chi connectivity index (χ1v) is 4.65. The van der Waals surface area contributed by atoms with Crippen LogP contribution in [0.3, 0.4) is 0 Å². The van der Waals surface area contributed by atoms with Gasteiger partial charge in [0, 0.05) is 18.3 Å². The normalized spacial score (nSPS) is 9.77. The second-order valence-corrected chi connectivity index (χ2v) is 3.26. The maximum atomic E-state index is 4.05. The van der Waals surface area contributed by atoms with E-state index < -0.39 is 0 Å². The van der Waals surface area contributed by atoms with Crippen molar-refractivity contribution in [3.8, 4) is 0 Å². The van der Waals surface area contributed by atoms with Crippen LogP contribution in [0.2, 0.25) is 0 Å². The zero-order chi connectivity index (χ0) is 9.84. The third-order valence-electron chi connectivity index (χ3n) is 2.25. The van der Waals surface area contributed by atoms with E-state index in [-0.39, 0.29) is 0 Å². The van der Waals surface area contributed by atoms with Gasteiger partial charge in [-0.2, -0.15) is 0 Å². The molecule has 0 spiro atoms. The van der Waals surface area contributed by atoms with E-state index in [0.29, 0.717) is 0 Å². The van der Waals surface area contributed by atoms with Gasteiger partial charge in [0.25, 0.3) is 0 Å². The monoisotopic (exact) mass is 175 g/mol. The molecule has 1 nitrogen and oxygen atoms in total. The minimum atomic E-state index is 0.998.